The third kappa shape index (κ3) is 6.67. The van der Waals surface area contributed by atoms with Crippen molar-refractivity contribution < 1.29 is 14.8 Å². The SMILES string of the molecule is CC(O)CC(C)(C)CNC(=O)CCc1cccc([N+](=O)[O-])c1. The van der Waals surface area contributed by atoms with Gasteiger partial charge >= 0.3 is 0 Å². The second-order valence-electron chi connectivity index (χ2n) is 6.42. The van der Waals surface area contributed by atoms with Gasteiger partial charge in [-0.3, -0.25) is 14.9 Å². The molecule has 0 aliphatic carbocycles. The number of aryl methyl sites for hydroxylation is 1. The summed E-state index contributed by atoms with van der Waals surface area (Å²) in [6, 6.07) is 6.32. The number of carbonyl (C=O) groups excluding carboxylic acids is 1. The molecule has 1 unspecified atom stereocenters. The Hall–Kier alpha value is -1.95. The fourth-order valence-corrected chi connectivity index (χ4v) is 2.38. The van der Waals surface area contributed by atoms with E-state index in [0.29, 0.717) is 19.4 Å². The number of rotatable bonds is 8. The Morgan fingerprint density at radius 2 is 2.14 bits per heavy atom. The van der Waals surface area contributed by atoms with Crippen molar-refractivity contribution in [1.82, 2.24) is 5.32 Å². The van der Waals surface area contributed by atoms with E-state index in [1.807, 2.05) is 13.8 Å². The van der Waals surface area contributed by atoms with Crippen LogP contribution in [0.15, 0.2) is 24.3 Å². The summed E-state index contributed by atoms with van der Waals surface area (Å²) < 4.78 is 0. The summed E-state index contributed by atoms with van der Waals surface area (Å²) in [7, 11) is 0. The van der Waals surface area contributed by atoms with Gasteiger partial charge in [-0.2, -0.15) is 0 Å². The molecule has 6 heteroatoms. The lowest BCUT2D eigenvalue weighted by atomic mass is 9.87. The predicted octanol–water partition coefficient (Wildman–Crippen LogP) is 2.44. The summed E-state index contributed by atoms with van der Waals surface area (Å²) in [5.41, 5.74) is 0.638. The maximum Gasteiger partial charge on any atom is 0.269 e. The first-order valence-electron chi connectivity index (χ1n) is 7.38. The minimum absolute atomic E-state index is 0.0379. The number of non-ortho nitro benzene ring substituents is 1. The average Bonchev–Trinajstić information content (AvgIpc) is 2.42. The normalized spacial score (nSPS) is 12.7. The van der Waals surface area contributed by atoms with Crippen molar-refractivity contribution in [1.29, 1.82) is 0 Å². The van der Waals surface area contributed by atoms with Crippen molar-refractivity contribution in [2.24, 2.45) is 5.41 Å². The van der Waals surface area contributed by atoms with Crippen molar-refractivity contribution in [3.05, 3.63) is 39.9 Å². The van der Waals surface area contributed by atoms with Gasteiger partial charge in [0, 0.05) is 25.1 Å². The molecule has 0 aliphatic heterocycles. The zero-order valence-corrected chi connectivity index (χ0v) is 13.3. The zero-order valence-electron chi connectivity index (χ0n) is 13.3. The fraction of sp³-hybridized carbons (Fsp3) is 0.562. The molecule has 1 aromatic carbocycles. The number of amides is 1. The number of nitrogens with zero attached hydrogens (tertiary/aromatic N) is 1. The lowest BCUT2D eigenvalue weighted by Crippen LogP contribution is -2.35. The highest BCUT2D eigenvalue weighted by Crippen LogP contribution is 2.21. The monoisotopic (exact) mass is 308 g/mol. The van der Waals surface area contributed by atoms with Gasteiger partial charge in [0.25, 0.3) is 5.69 Å². The molecule has 1 amide bonds. The van der Waals surface area contributed by atoms with E-state index < -0.39 is 11.0 Å². The Balaban J connectivity index is 2.43. The van der Waals surface area contributed by atoms with Crippen molar-refractivity contribution in [2.45, 2.75) is 46.1 Å². The number of benzene rings is 1. The van der Waals surface area contributed by atoms with Crippen LogP contribution in [0.4, 0.5) is 5.69 Å². The minimum Gasteiger partial charge on any atom is -0.393 e. The van der Waals surface area contributed by atoms with E-state index in [9.17, 15) is 20.0 Å². The van der Waals surface area contributed by atoms with Crippen molar-refractivity contribution in [3.8, 4) is 0 Å². The summed E-state index contributed by atoms with van der Waals surface area (Å²) in [6.07, 6.45) is 0.950. The summed E-state index contributed by atoms with van der Waals surface area (Å²) in [5.74, 6) is -0.0924. The number of nitro benzene ring substituents is 1. The Kier molecular flexibility index (Phi) is 6.49. The molecule has 0 radical (unpaired) electrons. The molecule has 0 saturated heterocycles. The van der Waals surface area contributed by atoms with E-state index in [0.717, 1.165) is 5.56 Å². The minimum atomic E-state index is -0.442. The average molecular weight is 308 g/mol. The number of aliphatic hydroxyl groups is 1. The second-order valence-corrected chi connectivity index (χ2v) is 6.42. The maximum atomic E-state index is 11.9. The molecule has 122 valence electrons. The summed E-state index contributed by atoms with van der Waals surface area (Å²) in [6.45, 7) is 6.19. The summed E-state index contributed by atoms with van der Waals surface area (Å²) in [5, 5.41) is 23.0. The number of hydrogen-bond acceptors (Lipinski definition) is 4. The third-order valence-corrected chi connectivity index (χ3v) is 3.37. The van der Waals surface area contributed by atoms with Crippen LogP contribution >= 0.6 is 0 Å². The number of carbonyl (C=O) groups is 1. The highest BCUT2D eigenvalue weighted by atomic mass is 16.6. The van der Waals surface area contributed by atoms with Gasteiger partial charge in [0.05, 0.1) is 11.0 Å². The largest absolute Gasteiger partial charge is 0.393 e. The first-order valence-corrected chi connectivity index (χ1v) is 7.38. The number of aliphatic hydroxyl groups excluding tert-OH is 1. The van der Waals surface area contributed by atoms with Gasteiger partial charge in [-0.15, -0.1) is 0 Å². The molecule has 1 atom stereocenters. The van der Waals surface area contributed by atoms with Gasteiger partial charge in [0.15, 0.2) is 0 Å². The molecule has 22 heavy (non-hydrogen) atoms. The Bertz CT molecular complexity index is 527. The number of nitro groups is 1. The standard InChI is InChI=1S/C16H24N2O4/c1-12(19)10-16(2,3)11-17-15(20)8-7-13-5-4-6-14(9-13)18(21)22/h4-6,9,12,19H,7-8,10-11H2,1-3H3,(H,17,20). The highest BCUT2D eigenvalue weighted by Gasteiger charge is 2.21. The molecule has 6 nitrogen and oxygen atoms in total. The Morgan fingerprint density at radius 3 is 2.73 bits per heavy atom. The molecule has 0 aliphatic rings. The Labute approximate surface area is 130 Å². The van der Waals surface area contributed by atoms with Crippen LogP contribution in [0.5, 0.6) is 0 Å². The quantitative estimate of drug-likeness (QED) is 0.570. The fourth-order valence-electron chi connectivity index (χ4n) is 2.38. The zero-order chi connectivity index (χ0) is 16.8. The summed E-state index contributed by atoms with van der Waals surface area (Å²) in [4.78, 5) is 22.1. The van der Waals surface area contributed by atoms with E-state index in [1.165, 1.54) is 12.1 Å². The van der Waals surface area contributed by atoms with Gasteiger partial charge in [-0.1, -0.05) is 26.0 Å². The maximum absolute atomic E-state index is 11.9. The third-order valence-electron chi connectivity index (χ3n) is 3.37. The van der Waals surface area contributed by atoms with Crippen LogP contribution in [0.1, 0.15) is 39.2 Å². The van der Waals surface area contributed by atoms with Crippen LogP contribution in [0, 0.1) is 15.5 Å². The van der Waals surface area contributed by atoms with E-state index in [4.69, 9.17) is 0 Å². The van der Waals surface area contributed by atoms with E-state index in [1.54, 1.807) is 19.1 Å². The molecule has 2 N–H and O–H groups in total. The van der Waals surface area contributed by atoms with Crippen LogP contribution in [0.25, 0.3) is 0 Å². The first kappa shape index (κ1) is 18.1. The molecule has 0 heterocycles. The van der Waals surface area contributed by atoms with E-state index >= 15 is 0 Å². The lowest BCUT2D eigenvalue weighted by molar-refractivity contribution is -0.384. The van der Waals surface area contributed by atoms with Gasteiger partial charge in [0.2, 0.25) is 5.91 Å². The van der Waals surface area contributed by atoms with Crippen molar-refractivity contribution in [3.63, 3.8) is 0 Å². The Morgan fingerprint density at radius 1 is 1.45 bits per heavy atom. The molecule has 1 aromatic rings. The van der Waals surface area contributed by atoms with Crippen LogP contribution in [0.2, 0.25) is 0 Å². The summed E-state index contributed by atoms with van der Waals surface area (Å²) >= 11 is 0. The predicted molar refractivity (Wildman–Crippen MR) is 84.5 cm³/mol. The molecule has 1 rings (SSSR count). The topological polar surface area (TPSA) is 92.5 Å². The van der Waals surface area contributed by atoms with Crippen LogP contribution in [-0.4, -0.2) is 28.6 Å². The number of nitrogens with one attached hydrogen (secondary N) is 1. The highest BCUT2D eigenvalue weighted by molar-refractivity contribution is 5.76. The van der Waals surface area contributed by atoms with Gasteiger partial charge in [0.1, 0.15) is 0 Å². The van der Waals surface area contributed by atoms with Gasteiger partial charge < -0.3 is 10.4 Å². The molecule has 0 saturated carbocycles. The van der Waals surface area contributed by atoms with E-state index in [-0.39, 0.29) is 23.4 Å². The van der Waals surface area contributed by atoms with Crippen molar-refractivity contribution >= 4 is 11.6 Å². The first-order chi connectivity index (χ1) is 10.2. The van der Waals surface area contributed by atoms with Crippen molar-refractivity contribution in [2.75, 3.05) is 6.54 Å². The number of hydrogen-bond donors (Lipinski definition) is 2. The molecular weight excluding hydrogens is 284 g/mol. The molecule has 0 aromatic heterocycles. The second kappa shape index (κ2) is 7.89. The van der Waals surface area contributed by atoms with Crippen LogP contribution in [0.3, 0.4) is 0 Å². The van der Waals surface area contributed by atoms with Crippen LogP contribution < -0.4 is 5.32 Å². The molecular formula is C16H24N2O4. The van der Waals surface area contributed by atoms with Gasteiger partial charge in [-0.25, -0.2) is 0 Å². The lowest BCUT2D eigenvalue weighted by Gasteiger charge is -2.26. The molecule has 0 fully saturated rings. The van der Waals surface area contributed by atoms with E-state index in [2.05, 4.69) is 5.32 Å². The molecule has 0 spiro atoms. The van der Waals surface area contributed by atoms with Gasteiger partial charge in [-0.05, 0) is 30.7 Å². The smallest absolute Gasteiger partial charge is 0.269 e. The molecule has 0 bridgehead atoms. The van der Waals surface area contributed by atoms with Crippen LogP contribution in [-0.2, 0) is 11.2 Å².